The summed E-state index contributed by atoms with van der Waals surface area (Å²) in [7, 11) is 2.09. The molecule has 0 fully saturated rings. The monoisotopic (exact) mass is 239 g/mol. The quantitative estimate of drug-likeness (QED) is 0.827. The highest BCUT2D eigenvalue weighted by molar-refractivity contribution is 7.98. The molecule has 0 spiro atoms. The van der Waals surface area contributed by atoms with Gasteiger partial charge in [-0.25, -0.2) is 0 Å². The van der Waals surface area contributed by atoms with Crippen molar-refractivity contribution in [2.75, 3.05) is 30.5 Å². The third kappa shape index (κ3) is 3.68. The van der Waals surface area contributed by atoms with E-state index in [1.165, 1.54) is 0 Å². The average Bonchev–Trinajstić information content (AvgIpc) is 2.35. The molecule has 1 heterocycles. The molecular formula is C12H21N3S. The lowest BCUT2D eigenvalue weighted by Gasteiger charge is -2.19. The molecule has 0 radical (unpaired) electrons. The molecule has 90 valence electrons. The van der Waals surface area contributed by atoms with Gasteiger partial charge in [0.2, 0.25) is 0 Å². The Morgan fingerprint density at radius 1 is 1.50 bits per heavy atom. The van der Waals surface area contributed by atoms with Crippen LogP contribution >= 0.6 is 11.8 Å². The molecule has 16 heavy (non-hydrogen) atoms. The number of hydrogen-bond donors (Lipinski definition) is 1. The van der Waals surface area contributed by atoms with Crippen molar-refractivity contribution < 1.29 is 0 Å². The maximum Gasteiger partial charge on any atom is 0.0572 e. The van der Waals surface area contributed by atoms with Gasteiger partial charge in [0.05, 0.1) is 17.6 Å². The number of hydrogen-bond acceptors (Lipinski definition) is 4. The van der Waals surface area contributed by atoms with Gasteiger partial charge < -0.3 is 10.6 Å². The van der Waals surface area contributed by atoms with Crippen LogP contribution in [-0.4, -0.2) is 30.6 Å². The lowest BCUT2D eigenvalue weighted by atomic mass is 10.1. The predicted octanol–water partition coefficient (Wildman–Crippen LogP) is 2.29. The summed E-state index contributed by atoms with van der Waals surface area (Å²) in [5.41, 5.74) is 8.05. The van der Waals surface area contributed by atoms with Crippen molar-refractivity contribution >= 4 is 17.4 Å². The van der Waals surface area contributed by atoms with Crippen molar-refractivity contribution in [1.82, 2.24) is 4.98 Å². The molecule has 4 heteroatoms. The third-order valence-corrected chi connectivity index (χ3v) is 3.25. The summed E-state index contributed by atoms with van der Waals surface area (Å²) in [5, 5.41) is 0. The number of nitrogens with two attached hydrogens (primary N) is 1. The zero-order valence-corrected chi connectivity index (χ0v) is 11.1. The molecule has 1 atom stereocenters. The standard InChI is InChI=1S/C12H21N3S/c1-4-11(13)12-6-5-10(9-14-12)15(2)7-8-16-3/h5-6,9,11H,4,7-8,13H2,1-3H3/t11-/m0/s1. The first-order chi connectivity index (χ1) is 7.69. The molecule has 1 aromatic rings. The Morgan fingerprint density at radius 3 is 2.75 bits per heavy atom. The van der Waals surface area contributed by atoms with Gasteiger partial charge in [0, 0.05) is 25.4 Å². The first kappa shape index (κ1) is 13.3. The zero-order chi connectivity index (χ0) is 12.0. The zero-order valence-electron chi connectivity index (χ0n) is 10.3. The Morgan fingerprint density at radius 2 is 2.25 bits per heavy atom. The van der Waals surface area contributed by atoms with Crippen molar-refractivity contribution in [3.05, 3.63) is 24.0 Å². The number of pyridine rings is 1. The third-order valence-electron chi connectivity index (χ3n) is 2.66. The topological polar surface area (TPSA) is 42.1 Å². The van der Waals surface area contributed by atoms with E-state index in [4.69, 9.17) is 5.73 Å². The van der Waals surface area contributed by atoms with Gasteiger partial charge >= 0.3 is 0 Å². The van der Waals surface area contributed by atoms with E-state index in [0.29, 0.717) is 0 Å². The number of thioether (sulfide) groups is 1. The van der Waals surface area contributed by atoms with E-state index in [9.17, 15) is 0 Å². The van der Waals surface area contributed by atoms with E-state index in [-0.39, 0.29) is 6.04 Å². The Bertz CT molecular complexity index is 300. The highest BCUT2D eigenvalue weighted by Crippen LogP contribution is 2.16. The van der Waals surface area contributed by atoms with E-state index < -0.39 is 0 Å². The van der Waals surface area contributed by atoms with Gasteiger partial charge in [-0.3, -0.25) is 4.98 Å². The molecule has 0 aliphatic heterocycles. The van der Waals surface area contributed by atoms with Crippen molar-refractivity contribution in [2.24, 2.45) is 5.73 Å². The Balaban J connectivity index is 2.63. The molecule has 0 bridgehead atoms. The highest BCUT2D eigenvalue weighted by atomic mass is 32.2. The van der Waals surface area contributed by atoms with Crippen LogP contribution < -0.4 is 10.6 Å². The fourth-order valence-corrected chi connectivity index (χ4v) is 1.87. The number of aromatic nitrogens is 1. The summed E-state index contributed by atoms with van der Waals surface area (Å²) in [6.45, 7) is 3.12. The fraction of sp³-hybridized carbons (Fsp3) is 0.583. The summed E-state index contributed by atoms with van der Waals surface area (Å²) in [4.78, 5) is 6.62. The average molecular weight is 239 g/mol. The van der Waals surface area contributed by atoms with E-state index in [2.05, 4.69) is 36.2 Å². The van der Waals surface area contributed by atoms with Crippen LogP contribution in [0.1, 0.15) is 25.1 Å². The van der Waals surface area contributed by atoms with Crippen molar-refractivity contribution in [3.8, 4) is 0 Å². The molecule has 0 amide bonds. The SMILES string of the molecule is CC[C@H](N)c1ccc(N(C)CCSC)cn1. The molecule has 1 rings (SSSR count). The van der Waals surface area contributed by atoms with Crippen molar-refractivity contribution in [1.29, 1.82) is 0 Å². The Hall–Kier alpha value is -0.740. The van der Waals surface area contributed by atoms with Crippen LogP contribution in [0, 0.1) is 0 Å². The van der Waals surface area contributed by atoms with Crippen LogP contribution in [0.25, 0.3) is 0 Å². The fourth-order valence-electron chi connectivity index (χ4n) is 1.41. The predicted molar refractivity (Wildman–Crippen MR) is 73.1 cm³/mol. The molecule has 0 aliphatic rings. The summed E-state index contributed by atoms with van der Waals surface area (Å²) in [5.74, 6) is 1.13. The maximum absolute atomic E-state index is 5.92. The number of nitrogens with zero attached hydrogens (tertiary/aromatic N) is 2. The minimum Gasteiger partial charge on any atom is -0.373 e. The number of rotatable bonds is 6. The maximum atomic E-state index is 5.92. The van der Waals surface area contributed by atoms with Crippen LogP contribution in [0.15, 0.2) is 18.3 Å². The summed E-state index contributed by atoms with van der Waals surface area (Å²) >= 11 is 1.85. The van der Waals surface area contributed by atoms with Crippen LogP contribution in [0.4, 0.5) is 5.69 Å². The van der Waals surface area contributed by atoms with E-state index >= 15 is 0 Å². The second kappa shape index (κ2) is 6.76. The van der Waals surface area contributed by atoms with Crippen molar-refractivity contribution in [2.45, 2.75) is 19.4 Å². The molecule has 0 aliphatic carbocycles. The largest absolute Gasteiger partial charge is 0.373 e. The van der Waals surface area contributed by atoms with Gasteiger partial charge in [0.15, 0.2) is 0 Å². The van der Waals surface area contributed by atoms with E-state index in [1.807, 2.05) is 24.0 Å². The summed E-state index contributed by atoms with van der Waals surface area (Å²) in [6.07, 6.45) is 4.95. The molecule has 1 aromatic heterocycles. The first-order valence-corrected chi connectivity index (χ1v) is 7.00. The van der Waals surface area contributed by atoms with E-state index in [1.54, 1.807) is 0 Å². The van der Waals surface area contributed by atoms with Crippen LogP contribution in [0.3, 0.4) is 0 Å². The summed E-state index contributed by atoms with van der Waals surface area (Å²) in [6, 6.07) is 4.18. The highest BCUT2D eigenvalue weighted by Gasteiger charge is 2.06. The molecular weight excluding hydrogens is 218 g/mol. The minimum absolute atomic E-state index is 0.0607. The summed E-state index contributed by atoms with van der Waals surface area (Å²) < 4.78 is 0. The number of anilines is 1. The van der Waals surface area contributed by atoms with Gasteiger partial charge in [0.1, 0.15) is 0 Å². The Kier molecular flexibility index (Phi) is 5.63. The normalized spacial score (nSPS) is 12.5. The minimum atomic E-state index is 0.0607. The first-order valence-electron chi connectivity index (χ1n) is 5.60. The lowest BCUT2D eigenvalue weighted by molar-refractivity contribution is 0.675. The van der Waals surface area contributed by atoms with Crippen LogP contribution in [0.5, 0.6) is 0 Å². The van der Waals surface area contributed by atoms with Gasteiger partial charge in [0.25, 0.3) is 0 Å². The molecule has 0 unspecified atom stereocenters. The van der Waals surface area contributed by atoms with Crippen LogP contribution in [0.2, 0.25) is 0 Å². The van der Waals surface area contributed by atoms with Gasteiger partial charge in [-0.05, 0) is 24.8 Å². The second-order valence-electron chi connectivity index (χ2n) is 3.87. The smallest absolute Gasteiger partial charge is 0.0572 e. The molecule has 0 saturated carbocycles. The molecule has 2 N–H and O–H groups in total. The van der Waals surface area contributed by atoms with Crippen molar-refractivity contribution in [3.63, 3.8) is 0 Å². The molecule has 0 aromatic carbocycles. The van der Waals surface area contributed by atoms with Crippen LogP contribution in [-0.2, 0) is 0 Å². The van der Waals surface area contributed by atoms with E-state index in [0.717, 1.165) is 30.1 Å². The van der Waals surface area contributed by atoms with Gasteiger partial charge in [-0.2, -0.15) is 11.8 Å². The second-order valence-corrected chi connectivity index (χ2v) is 4.86. The van der Waals surface area contributed by atoms with Gasteiger partial charge in [-0.15, -0.1) is 0 Å². The molecule has 3 nitrogen and oxygen atoms in total. The van der Waals surface area contributed by atoms with Gasteiger partial charge in [-0.1, -0.05) is 6.92 Å². The Labute approximate surface area is 102 Å². The lowest BCUT2D eigenvalue weighted by Crippen LogP contribution is -2.20. The molecule has 0 saturated heterocycles.